The Kier molecular flexibility index (Phi) is 3.52. The van der Waals surface area contributed by atoms with E-state index in [2.05, 4.69) is 20.3 Å². The van der Waals surface area contributed by atoms with Gasteiger partial charge in [-0.3, -0.25) is 0 Å². The third-order valence-electron chi connectivity index (χ3n) is 2.33. The lowest BCUT2D eigenvalue weighted by molar-refractivity contribution is 0.0600. The van der Waals surface area contributed by atoms with Crippen LogP contribution in [-0.2, 0) is 18.4 Å². The average molecular weight is 248 g/mol. The van der Waals surface area contributed by atoms with Gasteiger partial charge in [-0.15, -0.1) is 5.10 Å². The van der Waals surface area contributed by atoms with Gasteiger partial charge in [0.15, 0.2) is 5.82 Å². The first kappa shape index (κ1) is 12.0. The Bertz CT molecular complexity index is 553. The molecule has 0 bridgehead atoms. The quantitative estimate of drug-likeness (QED) is 0.736. The number of esters is 1. The number of aromatic nitrogens is 4. The maximum absolute atomic E-state index is 11.3. The summed E-state index contributed by atoms with van der Waals surface area (Å²) in [6.07, 6.45) is 0. The number of methoxy groups -OCH3 is 1. The number of carbonyl (C=O) groups excluding carboxylic acids is 1. The zero-order chi connectivity index (χ0) is 13.0. The smallest absolute Gasteiger partial charge is 0.337 e. The number of benzene rings is 1. The van der Waals surface area contributed by atoms with Crippen LogP contribution >= 0.6 is 0 Å². The van der Waals surface area contributed by atoms with Gasteiger partial charge in [-0.05, 0) is 28.6 Å². The molecule has 0 aliphatic carbocycles. The van der Waals surface area contributed by atoms with E-state index in [-0.39, 0.29) is 6.61 Å². The maximum Gasteiger partial charge on any atom is 0.337 e. The summed E-state index contributed by atoms with van der Waals surface area (Å²) in [6.45, 7) is 0.230. The normalized spacial score (nSPS) is 10.1. The van der Waals surface area contributed by atoms with E-state index in [1.54, 1.807) is 31.3 Å². The Morgan fingerprint density at radius 3 is 2.94 bits per heavy atom. The first-order chi connectivity index (χ1) is 8.70. The van der Waals surface area contributed by atoms with E-state index in [0.717, 1.165) is 0 Å². The Labute approximate surface area is 103 Å². The Morgan fingerprint density at radius 2 is 2.28 bits per heavy atom. The van der Waals surface area contributed by atoms with Crippen LogP contribution in [0, 0.1) is 0 Å². The van der Waals surface area contributed by atoms with E-state index < -0.39 is 5.97 Å². The van der Waals surface area contributed by atoms with Crippen LogP contribution in [0.4, 0.5) is 0 Å². The number of carbonyl (C=O) groups is 1. The second kappa shape index (κ2) is 5.26. The minimum absolute atomic E-state index is 0.230. The van der Waals surface area contributed by atoms with E-state index in [1.165, 1.54) is 11.8 Å². The molecule has 1 aromatic heterocycles. The summed E-state index contributed by atoms with van der Waals surface area (Å²) in [5.74, 6) is 0.750. The van der Waals surface area contributed by atoms with Crippen molar-refractivity contribution in [1.29, 1.82) is 0 Å². The van der Waals surface area contributed by atoms with Crippen molar-refractivity contribution in [3.05, 3.63) is 35.7 Å². The lowest BCUT2D eigenvalue weighted by atomic mass is 10.2. The van der Waals surface area contributed by atoms with Crippen molar-refractivity contribution in [2.75, 3.05) is 7.11 Å². The number of tetrazole rings is 1. The molecule has 0 radical (unpaired) electrons. The van der Waals surface area contributed by atoms with E-state index in [0.29, 0.717) is 17.1 Å². The highest BCUT2D eigenvalue weighted by molar-refractivity contribution is 5.89. The summed E-state index contributed by atoms with van der Waals surface area (Å²) in [5, 5.41) is 11.0. The molecule has 2 rings (SSSR count). The summed E-state index contributed by atoms with van der Waals surface area (Å²) < 4.78 is 11.6. The van der Waals surface area contributed by atoms with Gasteiger partial charge in [0, 0.05) is 7.05 Å². The van der Waals surface area contributed by atoms with Crippen molar-refractivity contribution in [2.45, 2.75) is 6.61 Å². The van der Waals surface area contributed by atoms with Crippen LogP contribution in [-0.4, -0.2) is 33.3 Å². The van der Waals surface area contributed by atoms with Gasteiger partial charge in [0.1, 0.15) is 12.4 Å². The zero-order valence-corrected chi connectivity index (χ0v) is 10.0. The number of aryl methyl sites for hydroxylation is 1. The van der Waals surface area contributed by atoms with Crippen LogP contribution in [0.25, 0.3) is 0 Å². The molecule has 0 saturated heterocycles. The van der Waals surface area contributed by atoms with Crippen molar-refractivity contribution in [3.63, 3.8) is 0 Å². The lowest BCUT2D eigenvalue weighted by Gasteiger charge is -2.06. The van der Waals surface area contributed by atoms with Gasteiger partial charge >= 0.3 is 5.97 Å². The zero-order valence-electron chi connectivity index (χ0n) is 10.0. The van der Waals surface area contributed by atoms with Gasteiger partial charge < -0.3 is 9.47 Å². The summed E-state index contributed by atoms with van der Waals surface area (Å²) in [7, 11) is 3.06. The van der Waals surface area contributed by atoms with Crippen molar-refractivity contribution < 1.29 is 14.3 Å². The van der Waals surface area contributed by atoms with Crippen LogP contribution in [0.1, 0.15) is 16.2 Å². The fourth-order valence-corrected chi connectivity index (χ4v) is 1.35. The highest BCUT2D eigenvalue weighted by Crippen LogP contribution is 2.15. The molecule has 0 spiro atoms. The minimum atomic E-state index is -0.402. The summed E-state index contributed by atoms with van der Waals surface area (Å²) in [4.78, 5) is 11.3. The van der Waals surface area contributed by atoms with Crippen molar-refractivity contribution in [2.24, 2.45) is 7.05 Å². The molecule has 2 aromatic rings. The van der Waals surface area contributed by atoms with E-state index in [9.17, 15) is 4.79 Å². The number of ether oxygens (including phenoxy) is 2. The Balaban J connectivity index is 2.06. The third kappa shape index (κ3) is 2.62. The summed E-state index contributed by atoms with van der Waals surface area (Å²) in [5.41, 5.74) is 0.436. The molecule has 94 valence electrons. The van der Waals surface area contributed by atoms with Crippen LogP contribution in [0.15, 0.2) is 24.3 Å². The van der Waals surface area contributed by atoms with Crippen molar-refractivity contribution >= 4 is 5.97 Å². The summed E-state index contributed by atoms with van der Waals surface area (Å²) in [6, 6.07) is 6.73. The molecule has 7 heteroatoms. The van der Waals surface area contributed by atoms with Crippen LogP contribution in [0.3, 0.4) is 0 Å². The molecular formula is C11H12N4O3. The molecular weight excluding hydrogens is 236 g/mol. The van der Waals surface area contributed by atoms with Gasteiger partial charge in [-0.1, -0.05) is 6.07 Å². The third-order valence-corrected chi connectivity index (χ3v) is 2.33. The summed E-state index contributed by atoms with van der Waals surface area (Å²) >= 11 is 0. The molecule has 0 N–H and O–H groups in total. The predicted molar refractivity (Wildman–Crippen MR) is 60.9 cm³/mol. The molecule has 1 heterocycles. The van der Waals surface area contributed by atoms with Crippen molar-refractivity contribution in [3.8, 4) is 5.75 Å². The van der Waals surface area contributed by atoms with Gasteiger partial charge in [0.25, 0.3) is 0 Å². The number of hydrogen-bond acceptors (Lipinski definition) is 6. The predicted octanol–water partition coefficient (Wildman–Crippen LogP) is 0.576. The minimum Gasteiger partial charge on any atom is -0.486 e. The lowest BCUT2D eigenvalue weighted by Crippen LogP contribution is -2.05. The van der Waals surface area contributed by atoms with E-state index in [4.69, 9.17) is 4.74 Å². The fraction of sp³-hybridized carbons (Fsp3) is 0.273. The molecule has 0 atom stereocenters. The molecule has 18 heavy (non-hydrogen) atoms. The number of nitrogens with zero attached hydrogens (tertiary/aromatic N) is 4. The standard InChI is InChI=1S/C11H12N4O3/c1-15-10(12-13-14-15)7-18-9-5-3-4-8(6-9)11(16)17-2/h3-6H,7H2,1-2H3. The molecule has 0 amide bonds. The van der Waals surface area contributed by atoms with Gasteiger partial charge in [0.2, 0.25) is 0 Å². The monoisotopic (exact) mass is 248 g/mol. The first-order valence-corrected chi connectivity index (χ1v) is 5.23. The topological polar surface area (TPSA) is 79.1 Å². The Hall–Kier alpha value is -2.44. The van der Waals surface area contributed by atoms with Crippen LogP contribution in [0.2, 0.25) is 0 Å². The highest BCUT2D eigenvalue weighted by atomic mass is 16.5. The Morgan fingerprint density at radius 1 is 1.44 bits per heavy atom. The van der Waals surface area contributed by atoms with Gasteiger partial charge in [-0.25, -0.2) is 9.48 Å². The molecule has 0 unspecified atom stereocenters. The van der Waals surface area contributed by atoms with E-state index >= 15 is 0 Å². The SMILES string of the molecule is COC(=O)c1cccc(OCc2nnnn2C)c1. The van der Waals surface area contributed by atoms with E-state index in [1.807, 2.05) is 0 Å². The van der Waals surface area contributed by atoms with Crippen LogP contribution in [0.5, 0.6) is 5.75 Å². The largest absolute Gasteiger partial charge is 0.486 e. The molecule has 0 saturated carbocycles. The van der Waals surface area contributed by atoms with Gasteiger partial charge in [0.05, 0.1) is 12.7 Å². The second-order valence-electron chi connectivity index (χ2n) is 3.53. The average Bonchev–Trinajstić information content (AvgIpc) is 2.81. The number of rotatable bonds is 4. The molecule has 0 aliphatic heterocycles. The van der Waals surface area contributed by atoms with Crippen LogP contribution < -0.4 is 4.74 Å². The highest BCUT2D eigenvalue weighted by Gasteiger charge is 2.07. The number of hydrogen-bond donors (Lipinski definition) is 0. The molecule has 0 fully saturated rings. The first-order valence-electron chi connectivity index (χ1n) is 5.23. The van der Waals surface area contributed by atoms with Crippen molar-refractivity contribution in [1.82, 2.24) is 20.2 Å². The molecule has 7 nitrogen and oxygen atoms in total. The molecule has 0 aliphatic rings. The second-order valence-corrected chi connectivity index (χ2v) is 3.53. The maximum atomic E-state index is 11.3. The fourth-order valence-electron chi connectivity index (χ4n) is 1.35. The van der Waals surface area contributed by atoms with Gasteiger partial charge in [-0.2, -0.15) is 0 Å². The molecule has 1 aromatic carbocycles.